The lowest BCUT2D eigenvalue weighted by molar-refractivity contribution is 0.295. The number of sulfonamides is 1. The zero-order valence-electron chi connectivity index (χ0n) is 9.61. The van der Waals surface area contributed by atoms with E-state index in [2.05, 4.69) is 10.6 Å². The van der Waals surface area contributed by atoms with Crippen molar-refractivity contribution in [2.75, 3.05) is 45.0 Å². The lowest BCUT2D eigenvalue weighted by Gasteiger charge is -2.28. The monoisotopic (exact) mass is 247 g/mol. The minimum absolute atomic E-state index is 0.243. The van der Waals surface area contributed by atoms with E-state index >= 15 is 0 Å². The second-order valence-corrected chi connectivity index (χ2v) is 6.72. The van der Waals surface area contributed by atoms with Crippen LogP contribution in [-0.4, -0.2) is 57.7 Å². The number of hydrogen-bond donors (Lipinski definition) is 2. The number of piperidine rings is 1. The zero-order chi connectivity index (χ0) is 11.4. The molecule has 0 aromatic carbocycles. The Morgan fingerprint density at radius 2 is 2.06 bits per heavy atom. The zero-order valence-corrected chi connectivity index (χ0v) is 10.4. The quantitative estimate of drug-likeness (QED) is 0.672. The van der Waals surface area contributed by atoms with Gasteiger partial charge < -0.3 is 10.6 Å². The molecule has 0 aromatic heterocycles. The molecule has 5 nitrogen and oxygen atoms in total. The lowest BCUT2D eigenvalue weighted by Crippen LogP contribution is -2.42. The molecule has 6 heteroatoms. The molecule has 2 heterocycles. The summed E-state index contributed by atoms with van der Waals surface area (Å²) in [5.41, 5.74) is 0. The van der Waals surface area contributed by atoms with Gasteiger partial charge in [-0.1, -0.05) is 0 Å². The second-order valence-electron chi connectivity index (χ2n) is 4.64. The van der Waals surface area contributed by atoms with Crippen LogP contribution in [0, 0.1) is 5.92 Å². The maximum absolute atomic E-state index is 11.9. The molecule has 0 amide bonds. The van der Waals surface area contributed by atoms with Crippen molar-refractivity contribution in [2.24, 2.45) is 5.92 Å². The van der Waals surface area contributed by atoms with E-state index in [4.69, 9.17) is 0 Å². The molecule has 2 aliphatic heterocycles. The van der Waals surface area contributed by atoms with E-state index in [0.717, 1.165) is 32.5 Å². The van der Waals surface area contributed by atoms with Gasteiger partial charge in [0.2, 0.25) is 10.0 Å². The molecule has 0 radical (unpaired) electrons. The third-order valence-corrected chi connectivity index (χ3v) is 5.17. The highest BCUT2D eigenvalue weighted by molar-refractivity contribution is 7.89. The molecule has 0 saturated carbocycles. The minimum Gasteiger partial charge on any atom is -0.316 e. The van der Waals surface area contributed by atoms with Gasteiger partial charge in [0, 0.05) is 26.2 Å². The molecule has 1 unspecified atom stereocenters. The van der Waals surface area contributed by atoms with Crippen LogP contribution in [0.25, 0.3) is 0 Å². The van der Waals surface area contributed by atoms with Gasteiger partial charge in [-0.05, 0) is 31.8 Å². The van der Waals surface area contributed by atoms with Gasteiger partial charge in [0.05, 0.1) is 5.75 Å². The van der Waals surface area contributed by atoms with E-state index in [0.29, 0.717) is 25.6 Å². The Bertz CT molecular complexity index is 312. The molecule has 94 valence electrons. The smallest absolute Gasteiger partial charge is 0.215 e. The summed E-state index contributed by atoms with van der Waals surface area (Å²) >= 11 is 0. The summed E-state index contributed by atoms with van der Waals surface area (Å²) in [6.07, 6.45) is 2.31. The fourth-order valence-electron chi connectivity index (χ4n) is 2.37. The Balaban J connectivity index is 1.95. The highest BCUT2D eigenvalue weighted by Crippen LogP contribution is 2.14. The van der Waals surface area contributed by atoms with Crippen molar-refractivity contribution >= 4 is 10.0 Å². The molecule has 0 aromatic rings. The Kier molecular flexibility index (Phi) is 4.18. The first-order chi connectivity index (χ1) is 7.68. The van der Waals surface area contributed by atoms with Crippen molar-refractivity contribution in [1.29, 1.82) is 0 Å². The maximum Gasteiger partial charge on any atom is 0.215 e. The normalized spacial score (nSPS) is 32.1. The molecule has 2 saturated heterocycles. The van der Waals surface area contributed by atoms with Crippen molar-refractivity contribution in [3.8, 4) is 0 Å². The molecule has 2 aliphatic rings. The SMILES string of the molecule is O=S1(=O)CCNCCN1CC1CCCNC1. The van der Waals surface area contributed by atoms with Crippen LogP contribution in [0.3, 0.4) is 0 Å². The molecule has 2 N–H and O–H groups in total. The Morgan fingerprint density at radius 1 is 1.19 bits per heavy atom. The third-order valence-electron chi connectivity index (χ3n) is 3.33. The molecule has 0 bridgehead atoms. The fourth-order valence-corrected chi connectivity index (χ4v) is 3.84. The topological polar surface area (TPSA) is 61.4 Å². The van der Waals surface area contributed by atoms with Crippen molar-refractivity contribution in [3.63, 3.8) is 0 Å². The molecule has 2 fully saturated rings. The Labute approximate surface area is 97.6 Å². The molecule has 2 rings (SSSR count). The molecule has 16 heavy (non-hydrogen) atoms. The van der Waals surface area contributed by atoms with Gasteiger partial charge in [0.25, 0.3) is 0 Å². The van der Waals surface area contributed by atoms with Crippen LogP contribution in [0.1, 0.15) is 12.8 Å². The maximum atomic E-state index is 11.9. The molecule has 1 atom stereocenters. The van der Waals surface area contributed by atoms with Gasteiger partial charge in [-0.3, -0.25) is 0 Å². The van der Waals surface area contributed by atoms with Gasteiger partial charge >= 0.3 is 0 Å². The van der Waals surface area contributed by atoms with E-state index < -0.39 is 10.0 Å². The molecular weight excluding hydrogens is 226 g/mol. The molecular formula is C10H21N3O2S. The van der Waals surface area contributed by atoms with Crippen LogP contribution in [0.5, 0.6) is 0 Å². The van der Waals surface area contributed by atoms with Crippen molar-refractivity contribution in [1.82, 2.24) is 14.9 Å². The minimum atomic E-state index is -3.02. The number of rotatable bonds is 2. The van der Waals surface area contributed by atoms with E-state index in [9.17, 15) is 8.42 Å². The van der Waals surface area contributed by atoms with Gasteiger partial charge in [0.1, 0.15) is 0 Å². The first-order valence-corrected chi connectivity index (χ1v) is 7.69. The van der Waals surface area contributed by atoms with Crippen LogP contribution < -0.4 is 10.6 Å². The number of nitrogens with one attached hydrogen (secondary N) is 2. The van der Waals surface area contributed by atoms with Crippen LogP contribution >= 0.6 is 0 Å². The second kappa shape index (κ2) is 5.44. The van der Waals surface area contributed by atoms with E-state index in [1.54, 1.807) is 4.31 Å². The van der Waals surface area contributed by atoms with Crippen LogP contribution in [-0.2, 0) is 10.0 Å². The Morgan fingerprint density at radius 3 is 2.81 bits per heavy atom. The fraction of sp³-hybridized carbons (Fsp3) is 1.00. The average molecular weight is 247 g/mol. The summed E-state index contributed by atoms with van der Waals surface area (Å²) in [6, 6.07) is 0. The molecule has 0 spiro atoms. The van der Waals surface area contributed by atoms with Crippen molar-refractivity contribution in [2.45, 2.75) is 12.8 Å². The summed E-state index contributed by atoms with van der Waals surface area (Å²) in [6.45, 7) is 4.71. The Hall–Kier alpha value is -0.170. The average Bonchev–Trinajstić information content (AvgIpc) is 2.43. The first kappa shape index (κ1) is 12.3. The van der Waals surface area contributed by atoms with Gasteiger partial charge in [-0.25, -0.2) is 12.7 Å². The van der Waals surface area contributed by atoms with Crippen molar-refractivity contribution in [3.05, 3.63) is 0 Å². The van der Waals surface area contributed by atoms with Crippen LogP contribution in [0.2, 0.25) is 0 Å². The predicted octanol–water partition coefficient (Wildman–Crippen LogP) is -0.779. The summed E-state index contributed by atoms with van der Waals surface area (Å²) in [5, 5.41) is 6.46. The van der Waals surface area contributed by atoms with Gasteiger partial charge in [-0.2, -0.15) is 0 Å². The summed E-state index contributed by atoms with van der Waals surface area (Å²) in [7, 11) is -3.02. The van der Waals surface area contributed by atoms with Crippen LogP contribution in [0.15, 0.2) is 0 Å². The van der Waals surface area contributed by atoms with Gasteiger partial charge in [0.15, 0.2) is 0 Å². The molecule has 0 aliphatic carbocycles. The first-order valence-electron chi connectivity index (χ1n) is 6.08. The largest absolute Gasteiger partial charge is 0.316 e. The highest BCUT2D eigenvalue weighted by Gasteiger charge is 2.27. The third kappa shape index (κ3) is 3.16. The van der Waals surface area contributed by atoms with E-state index in [1.807, 2.05) is 0 Å². The highest BCUT2D eigenvalue weighted by atomic mass is 32.2. The lowest BCUT2D eigenvalue weighted by atomic mass is 10.00. The summed E-state index contributed by atoms with van der Waals surface area (Å²) < 4.78 is 25.6. The van der Waals surface area contributed by atoms with Crippen molar-refractivity contribution < 1.29 is 8.42 Å². The van der Waals surface area contributed by atoms with E-state index in [1.165, 1.54) is 0 Å². The summed E-state index contributed by atoms with van der Waals surface area (Å²) in [4.78, 5) is 0. The number of hydrogen-bond acceptors (Lipinski definition) is 4. The van der Waals surface area contributed by atoms with Gasteiger partial charge in [-0.15, -0.1) is 0 Å². The van der Waals surface area contributed by atoms with Crippen LogP contribution in [0.4, 0.5) is 0 Å². The number of nitrogens with zero attached hydrogens (tertiary/aromatic N) is 1. The standard InChI is InChI=1S/C10H21N3O2S/c14-16(15)7-5-11-4-6-13(16)9-10-2-1-3-12-8-10/h10-12H,1-9H2. The van der Waals surface area contributed by atoms with E-state index in [-0.39, 0.29) is 5.75 Å². The summed E-state index contributed by atoms with van der Waals surface area (Å²) in [5.74, 6) is 0.731. The predicted molar refractivity (Wildman–Crippen MR) is 63.8 cm³/mol.